The third-order valence-electron chi connectivity index (χ3n) is 4.39. The van der Waals surface area contributed by atoms with Gasteiger partial charge in [0.15, 0.2) is 5.78 Å². The minimum atomic E-state index is -0.417. The number of unbranched alkanes of at least 4 members (excludes halogenated alkanes) is 2. The van der Waals surface area contributed by atoms with Crippen molar-refractivity contribution < 1.29 is 9.21 Å². The molecule has 0 saturated heterocycles. The zero-order valence-electron chi connectivity index (χ0n) is 14.9. The smallest absolute Gasteiger partial charge is 0.336 e. The second-order valence-corrected chi connectivity index (χ2v) is 6.31. The largest absolute Gasteiger partial charge is 0.422 e. The number of rotatable bonds is 7. The van der Waals surface area contributed by atoms with E-state index in [1.54, 1.807) is 12.1 Å². The van der Waals surface area contributed by atoms with Crippen molar-refractivity contribution >= 4 is 5.78 Å². The molecule has 0 N–H and O–H groups in total. The molecule has 0 radical (unpaired) electrons. The maximum absolute atomic E-state index is 13.2. The Labute approximate surface area is 153 Å². The maximum atomic E-state index is 13.2. The highest BCUT2D eigenvalue weighted by molar-refractivity contribution is 6.13. The summed E-state index contributed by atoms with van der Waals surface area (Å²) in [5, 5.41) is 0. The van der Waals surface area contributed by atoms with Crippen molar-refractivity contribution in [1.29, 1.82) is 0 Å². The first kappa shape index (κ1) is 17.9. The summed E-state index contributed by atoms with van der Waals surface area (Å²) in [4.78, 5) is 25.4. The van der Waals surface area contributed by atoms with E-state index in [1.165, 1.54) is 6.07 Å². The Hall–Kier alpha value is -2.94. The molecule has 0 spiro atoms. The van der Waals surface area contributed by atoms with E-state index in [1.807, 2.05) is 48.5 Å². The molecule has 0 aliphatic heterocycles. The van der Waals surface area contributed by atoms with Gasteiger partial charge in [-0.05, 0) is 18.4 Å². The summed E-state index contributed by atoms with van der Waals surface area (Å²) in [5.74, 6) is 0.248. The van der Waals surface area contributed by atoms with Crippen LogP contribution in [0.3, 0.4) is 0 Å². The fraction of sp³-hybridized carbons (Fsp3) is 0.217. The molecule has 3 rings (SSSR count). The van der Waals surface area contributed by atoms with Crippen LogP contribution in [0.2, 0.25) is 0 Å². The Balaban J connectivity index is 2.17. The molecule has 0 unspecified atom stereocenters. The van der Waals surface area contributed by atoms with Gasteiger partial charge in [0.25, 0.3) is 0 Å². The van der Waals surface area contributed by atoms with Crippen LogP contribution in [0.4, 0.5) is 0 Å². The fourth-order valence-electron chi connectivity index (χ4n) is 3.08. The number of aryl methyl sites for hydroxylation is 1. The van der Waals surface area contributed by atoms with Gasteiger partial charge in [-0.15, -0.1) is 0 Å². The van der Waals surface area contributed by atoms with Crippen molar-refractivity contribution in [2.24, 2.45) is 0 Å². The minimum Gasteiger partial charge on any atom is -0.422 e. The number of carbonyl (C=O) groups excluding carboxylic acids is 1. The molecule has 132 valence electrons. The van der Waals surface area contributed by atoms with Crippen LogP contribution in [0, 0.1) is 0 Å². The van der Waals surface area contributed by atoms with Gasteiger partial charge in [0.2, 0.25) is 0 Å². The van der Waals surface area contributed by atoms with Gasteiger partial charge in [0.05, 0.1) is 5.56 Å². The van der Waals surface area contributed by atoms with E-state index in [2.05, 4.69) is 6.92 Å². The SMILES string of the molecule is CCCCCc1cc(=O)oc(-c2ccccc2)c1C(=O)c1ccccc1. The predicted octanol–water partition coefficient (Wildman–Crippen LogP) is 5.27. The molecular formula is C23H22O3. The maximum Gasteiger partial charge on any atom is 0.336 e. The van der Waals surface area contributed by atoms with E-state index >= 15 is 0 Å². The number of benzene rings is 2. The van der Waals surface area contributed by atoms with E-state index in [9.17, 15) is 9.59 Å². The zero-order chi connectivity index (χ0) is 18.4. The molecule has 1 aromatic heterocycles. The number of ketones is 1. The van der Waals surface area contributed by atoms with E-state index in [0.717, 1.165) is 30.4 Å². The Kier molecular flexibility index (Phi) is 5.80. The summed E-state index contributed by atoms with van der Waals surface area (Å²) in [7, 11) is 0. The molecule has 3 heteroatoms. The van der Waals surface area contributed by atoms with Crippen LogP contribution in [0.15, 0.2) is 75.9 Å². The summed E-state index contributed by atoms with van der Waals surface area (Å²) in [6.45, 7) is 2.13. The van der Waals surface area contributed by atoms with Gasteiger partial charge in [-0.3, -0.25) is 4.79 Å². The van der Waals surface area contributed by atoms with E-state index in [4.69, 9.17) is 4.42 Å². The Morgan fingerprint density at radius 3 is 2.23 bits per heavy atom. The van der Waals surface area contributed by atoms with Crippen LogP contribution >= 0.6 is 0 Å². The van der Waals surface area contributed by atoms with Crippen LogP contribution in [-0.2, 0) is 6.42 Å². The molecule has 0 atom stereocenters. The molecule has 0 bridgehead atoms. The quantitative estimate of drug-likeness (QED) is 0.432. The summed E-state index contributed by atoms with van der Waals surface area (Å²) in [6.07, 6.45) is 3.76. The molecule has 0 aliphatic rings. The second kappa shape index (κ2) is 8.43. The van der Waals surface area contributed by atoms with Crippen molar-refractivity contribution in [3.8, 4) is 11.3 Å². The fourth-order valence-corrected chi connectivity index (χ4v) is 3.08. The molecule has 3 nitrogen and oxygen atoms in total. The highest BCUT2D eigenvalue weighted by atomic mass is 16.4. The molecule has 0 aliphatic carbocycles. The van der Waals surface area contributed by atoms with Crippen molar-refractivity contribution in [3.63, 3.8) is 0 Å². The lowest BCUT2D eigenvalue weighted by Gasteiger charge is -2.13. The van der Waals surface area contributed by atoms with E-state index in [-0.39, 0.29) is 5.78 Å². The highest BCUT2D eigenvalue weighted by Crippen LogP contribution is 2.28. The Bertz CT molecular complexity index is 925. The van der Waals surface area contributed by atoms with E-state index < -0.39 is 5.63 Å². The third-order valence-corrected chi connectivity index (χ3v) is 4.39. The second-order valence-electron chi connectivity index (χ2n) is 6.31. The van der Waals surface area contributed by atoms with Crippen LogP contribution < -0.4 is 5.63 Å². The molecule has 3 aromatic rings. The minimum absolute atomic E-state index is 0.111. The predicted molar refractivity (Wildman–Crippen MR) is 104 cm³/mol. The van der Waals surface area contributed by atoms with Gasteiger partial charge in [0.1, 0.15) is 5.76 Å². The zero-order valence-corrected chi connectivity index (χ0v) is 14.9. The molecule has 0 fully saturated rings. The summed E-state index contributed by atoms with van der Waals surface area (Å²) in [6, 6.07) is 20.0. The summed E-state index contributed by atoms with van der Waals surface area (Å²) in [5.41, 5.74) is 2.18. The molecule has 2 aromatic carbocycles. The topological polar surface area (TPSA) is 47.3 Å². The third kappa shape index (κ3) is 3.99. The molecule has 1 heterocycles. The van der Waals surface area contributed by atoms with Gasteiger partial charge in [-0.2, -0.15) is 0 Å². The van der Waals surface area contributed by atoms with Crippen molar-refractivity contribution in [3.05, 3.63) is 93.8 Å². The van der Waals surface area contributed by atoms with Crippen molar-refractivity contribution in [2.75, 3.05) is 0 Å². The normalized spacial score (nSPS) is 10.7. The molecule has 0 amide bonds. The van der Waals surface area contributed by atoms with Gasteiger partial charge in [0, 0.05) is 17.2 Å². The first-order valence-electron chi connectivity index (χ1n) is 9.03. The average molecular weight is 346 g/mol. The van der Waals surface area contributed by atoms with Gasteiger partial charge >= 0.3 is 5.63 Å². The van der Waals surface area contributed by atoms with Crippen LogP contribution in [0.1, 0.15) is 47.7 Å². The van der Waals surface area contributed by atoms with Gasteiger partial charge in [-0.25, -0.2) is 4.79 Å². The summed E-state index contributed by atoms with van der Waals surface area (Å²) >= 11 is 0. The van der Waals surface area contributed by atoms with Crippen LogP contribution in [0.25, 0.3) is 11.3 Å². The number of hydrogen-bond acceptors (Lipinski definition) is 3. The monoisotopic (exact) mass is 346 g/mol. The Morgan fingerprint density at radius 1 is 0.923 bits per heavy atom. The average Bonchev–Trinajstić information content (AvgIpc) is 2.68. The van der Waals surface area contributed by atoms with Crippen molar-refractivity contribution in [2.45, 2.75) is 32.6 Å². The standard InChI is InChI=1S/C23H22O3/c1-2-3-6-15-19-16-20(24)26-23(18-13-9-5-10-14-18)21(19)22(25)17-11-7-4-8-12-17/h4-5,7-14,16H,2-3,6,15H2,1H3. The lowest BCUT2D eigenvalue weighted by atomic mass is 9.92. The lowest BCUT2D eigenvalue weighted by molar-refractivity contribution is 0.103. The number of carbonyl (C=O) groups is 1. The first-order valence-corrected chi connectivity index (χ1v) is 9.03. The molecule has 26 heavy (non-hydrogen) atoms. The lowest BCUT2D eigenvalue weighted by Crippen LogP contribution is -2.13. The summed E-state index contributed by atoms with van der Waals surface area (Å²) < 4.78 is 5.51. The first-order chi connectivity index (χ1) is 12.7. The van der Waals surface area contributed by atoms with Crippen LogP contribution in [-0.4, -0.2) is 5.78 Å². The highest BCUT2D eigenvalue weighted by Gasteiger charge is 2.22. The van der Waals surface area contributed by atoms with Gasteiger partial charge < -0.3 is 4.42 Å². The van der Waals surface area contributed by atoms with Crippen LogP contribution in [0.5, 0.6) is 0 Å². The number of hydrogen-bond donors (Lipinski definition) is 0. The Morgan fingerprint density at radius 2 is 1.58 bits per heavy atom. The molecular weight excluding hydrogens is 324 g/mol. The van der Waals surface area contributed by atoms with E-state index in [0.29, 0.717) is 23.3 Å². The van der Waals surface area contributed by atoms with Crippen molar-refractivity contribution in [1.82, 2.24) is 0 Å². The van der Waals surface area contributed by atoms with Gasteiger partial charge in [-0.1, -0.05) is 80.4 Å². The molecule has 0 saturated carbocycles.